The molecule has 0 radical (unpaired) electrons. The number of benzene rings is 1. The van der Waals surface area contributed by atoms with Gasteiger partial charge >= 0.3 is 5.97 Å². The summed E-state index contributed by atoms with van der Waals surface area (Å²) in [5, 5.41) is 111. The number of rotatable bonds is 19. The molecule has 0 amide bonds. The third-order valence-corrected chi connectivity index (χ3v) is 21.6. The zero-order chi connectivity index (χ0) is 64.3. The van der Waals surface area contributed by atoms with Crippen molar-refractivity contribution in [1.29, 1.82) is 0 Å². The molecule has 9 aliphatic rings. The number of fused-ring (bicyclic) bond motifs is 5. The number of hydrogen-bond donors (Lipinski definition) is 10. The van der Waals surface area contributed by atoms with Gasteiger partial charge in [-0.05, 0) is 96.6 Å². The molecule has 10 N–H and O–H groups in total. The van der Waals surface area contributed by atoms with E-state index >= 15 is 0 Å². The quantitative estimate of drug-likeness (QED) is 0.0507. The lowest BCUT2D eigenvalue weighted by molar-refractivity contribution is -0.362. The second-order valence-corrected chi connectivity index (χ2v) is 26.4. The van der Waals surface area contributed by atoms with Gasteiger partial charge in [0.1, 0.15) is 90.1 Å². The first kappa shape index (κ1) is 68.8. The number of carbonyl (C=O) groups is 2. The Labute approximate surface area is 518 Å². The monoisotopic (exact) mass is 1270 g/mol. The lowest BCUT2D eigenvalue weighted by atomic mass is 9.42. The molecular weight excluding hydrogens is 1170 g/mol. The normalized spacial score (nSPS) is 49.3. The first-order valence-electron chi connectivity index (χ1n) is 31.3. The Kier molecular flexibility index (Phi) is 21.1. The van der Waals surface area contributed by atoms with Gasteiger partial charge in [-0.15, -0.1) is 0 Å². The number of ketones is 1. The van der Waals surface area contributed by atoms with Crippen LogP contribution in [0.3, 0.4) is 0 Å². The zero-order valence-electron chi connectivity index (χ0n) is 52.0. The molecule has 26 heteroatoms. The summed E-state index contributed by atoms with van der Waals surface area (Å²) in [6.07, 6.45) is -18.2. The molecule has 8 fully saturated rings. The van der Waals surface area contributed by atoms with E-state index in [4.69, 9.17) is 66.3 Å². The first-order chi connectivity index (χ1) is 42.2. The third-order valence-electron chi connectivity index (χ3n) is 21.6. The average Bonchev–Trinajstić information content (AvgIpc) is 1.61. The number of aliphatic hydroxyl groups is 10. The van der Waals surface area contributed by atoms with Crippen LogP contribution >= 0.6 is 0 Å². The van der Waals surface area contributed by atoms with Gasteiger partial charge in [-0.3, -0.25) is 4.79 Å². The van der Waals surface area contributed by atoms with E-state index < -0.39 is 200 Å². The highest BCUT2D eigenvalue weighted by atomic mass is 16.8. The Bertz CT molecular complexity index is 2630. The minimum atomic E-state index is -2.07. The van der Waals surface area contributed by atoms with Crippen molar-refractivity contribution in [3.8, 4) is 0 Å². The minimum absolute atomic E-state index is 0.0511. The van der Waals surface area contributed by atoms with Crippen molar-refractivity contribution in [2.24, 2.45) is 16.7 Å². The van der Waals surface area contributed by atoms with Crippen molar-refractivity contribution in [3.05, 3.63) is 53.6 Å². The molecule has 30 unspecified atom stereocenters. The number of methoxy groups -OCH3 is 3. The van der Waals surface area contributed by atoms with Gasteiger partial charge in [-0.25, -0.2) is 4.79 Å². The van der Waals surface area contributed by atoms with Crippen LogP contribution in [-0.2, 0) is 75.9 Å². The fourth-order valence-electron chi connectivity index (χ4n) is 16.2. The van der Waals surface area contributed by atoms with Crippen LogP contribution in [0.4, 0.5) is 0 Å². The van der Waals surface area contributed by atoms with Crippen LogP contribution in [0.1, 0.15) is 111 Å². The number of aliphatic hydroxyl groups excluding tert-OH is 7. The molecule has 1 aromatic carbocycles. The molecule has 10 rings (SSSR count). The van der Waals surface area contributed by atoms with E-state index in [0.717, 1.165) is 11.1 Å². The highest BCUT2D eigenvalue weighted by Gasteiger charge is 2.81. The van der Waals surface area contributed by atoms with Gasteiger partial charge in [0, 0.05) is 52.6 Å². The molecule has 4 aliphatic carbocycles. The molecule has 502 valence electrons. The molecule has 5 aliphatic heterocycles. The molecule has 0 aromatic heterocycles. The maximum absolute atomic E-state index is 13.7. The Balaban J connectivity index is 0.727. The van der Waals surface area contributed by atoms with Crippen molar-refractivity contribution >= 4 is 17.8 Å². The topological polar surface area (TPSA) is 366 Å². The van der Waals surface area contributed by atoms with E-state index in [1.165, 1.54) is 20.1 Å². The summed E-state index contributed by atoms with van der Waals surface area (Å²) in [6, 6.07) is 9.23. The fraction of sp³-hybridized carbons (Fsp3) is 0.810. The number of hydrogen-bond acceptors (Lipinski definition) is 26. The Morgan fingerprint density at radius 1 is 0.640 bits per heavy atom. The Morgan fingerprint density at radius 2 is 1.17 bits per heavy atom. The van der Waals surface area contributed by atoms with Crippen molar-refractivity contribution in [2.75, 3.05) is 34.5 Å². The Hall–Kier alpha value is -3.08. The van der Waals surface area contributed by atoms with Crippen LogP contribution in [0.15, 0.2) is 48.1 Å². The van der Waals surface area contributed by atoms with E-state index in [1.54, 1.807) is 34.1 Å². The van der Waals surface area contributed by atoms with Crippen LogP contribution in [0.5, 0.6) is 0 Å². The summed E-state index contributed by atoms with van der Waals surface area (Å²) >= 11 is 0. The largest absolute Gasteiger partial charge is 0.458 e. The number of carbonyl (C=O) groups excluding carboxylic acids is 2. The van der Waals surface area contributed by atoms with Gasteiger partial charge in [-0.2, -0.15) is 0 Å². The van der Waals surface area contributed by atoms with Gasteiger partial charge < -0.3 is 117 Å². The molecule has 89 heavy (non-hydrogen) atoms. The molecule has 1 aromatic rings. The van der Waals surface area contributed by atoms with Gasteiger partial charge in [0.2, 0.25) is 0 Å². The first-order valence-corrected chi connectivity index (χ1v) is 31.3. The van der Waals surface area contributed by atoms with Gasteiger partial charge in [0.15, 0.2) is 37.2 Å². The minimum Gasteiger partial charge on any atom is -0.458 e. The summed E-state index contributed by atoms with van der Waals surface area (Å²) in [5.74, 6) is -1.89. The van der Waals surface area contributed by atoms with Crippen LogP contribution in [0.25, 0.3) is 6.08 Å². The zero-order valence-corrected chi connectivity index (χ0v) is 52.0. The molecule has 0 bridgehead atoms. The standard InChI is InChI=1S/C63H94O26/c1-30-54(87-46-25-38(77-8)55(31(2)81-46)88-47-26-39(78-9)56(32(3)82-47)89-58-53(72)51(70)49(68)41(85-58)29-79-57-52(71)50(69)48(67)40(28-64)84-57)37(76-7)24-45(80-30)83-36-18-19-59(5)35(23-36)17-20-62(74)42(59)27-43(86-44(66)16-15-34-13-11-10-12-14-34)60(6)61(73,33(4)65)21-22-63(60,62)75/h10-17,30-32,36-43,45-58,64,67-75H,18-29H2,1-9H3. The second kappa shape index (κ2) is 27.3. The summed E-state index contributed by atoms with van der Waals surface area (Å²) < 4.78 is 86.6. The maximum atomic E-state index is 13.7. The fourth-order valence-corrected chi connectivity index (χ4v) is 16.2. The maximum Gasteiger partial charge on any atom is 0.331 e. The van der Waals surface area contributed by atoms with Crippen molar-refractivity contribution < 1.29 is 127 Å². The van der Waals surface area contributed by atoms with Crippen molar-refractivity contribution in [1.82, 2.24) is 0 Å². The second-order valence-electron chi connectivity index (χ2n) is 26.4. The van der Waals surface area contributed by atoms with Crippen LogP contribution in [0, 0.1) is 16.7 Å². The van der Waals surface area contributed by atoms with E-state index in [2.05, 4.69) is 6.92 Å². The van der Waals surface area contributed by atoms with Crippen molar-refractivity contribution in [3.63, 3.8) is 0 Å². The molecule has 3 saturated carbocycles. The highest BCUT2D eigenvalue weighted by molar-refractivity contribution is 5.89. The van der Waals surface area contributed by atoms with Gasteiger partial charge in [-0.1, -0.05) is 48.9 Å². The predicted octanol–water partition coefficient (Wildman–Crippen LogP) is 0.349. The van der Waals surface area contributed by atoms with E-state index in [0.29, 0.717) is 25.7 Å². The smallest absolute Gasteiger partial charge is 0.331 e. The van der Waals surface area contributed by atoms with E-state index in [9.17, 15) is 60.7 Å². The third kappa shape index (κ3) is 12.6. The van der Waals surface area contributed by atoms with Crippen LogP contribution in [0.2, 0.25) is 0 Å². The lowest BCUT2D eigenvalue weighted by Crippen LogP contribution is -2.78. The molecule has 26 nitrogen and oxygen atoms in total. The van der Waals surface area contributed by atoms with Crippen LogP contribution in [-0.4, -0.2) is 262 Å². The molecule has 5 heterocycles. The number of Topliss-reactive ketones (excluding diaryl/α,β-unsaturated/α-hetero) is 1. The van der Waals surface area contributed by atoms with Crippen molar-refractivity contribution in [2.45, 2.75) is 270 Å². The Morgan fingerprint density at radius 3 is 1.72 bits per heavy atom. The summed E-state index contributed by atoms with van der Waals surface area (Å²) in [5.41, 5.74) is -6.47. The average molecular weight is 1270 g/mol. The van der Waals surface area contributed by atoms with Crippen LogP contribution < -0.4 is 0 Å². The summed E-state index contributed by atoms with van der Waals surface area (Å²) in [6.45, 7) is 9.11. The lowest BCUT2D eigenvalue weighted by Gasteiger charge is -2.67. The molecule has 0 spiro atoms. The van der Waals surface area contributed by atoms with Gasteiger partial charge in [0.25, 0.3) is 0 Å². The highest BCUT2D eigenvalue weighted by Crippen LogP contribution is 2.71. The molecule has 30 atom stereocenters. The molecular formula is C63H94O26. The van der Waals surface area contributed by atoms with E-state index in [-0.39, 0.29) is 44.6 Å². The molecule has 5 saturated heterocycles. The number of esters is 1. The van der Waals surface area contributed by atoms with E-state index in [1.807, 2.05) is 50.3 Å². The summed E-state index contributed by atoms with van der Waals surface area (Å²) in [4.78, 5) is 27.0. The predicted molar refractivity (Wildman–Crippen MR) is 306 cm³/mol. The van der Waals surface area contributed by atoms with Gasteiger partial charge in [0.05, 0.1) is 61.4 Å². The SMILES string of the molecule is COC1CC(OC2CCC3(C)C(=CCC4(O)C3CC(OC(=O)C=Cc3ccccc3)C3(C)C(O)(C(C)=O)CCC43O)C2)OC(C)C1OC1CC(OC)C(OC2CC(OC)C(OC3OC(COC4OC(CO)C(O)C(O)C4O)C(O)C(O)C3O)C(C)O2)C(C)O1. The number of ether oxygens (including phenoxy) is 14. The summed E-state index contributed by atoms with van der Waals surface area (Å²) in [7, 11) is 4.63.